The van der Waals surface area contributed by atoms with Crippen molar-refractivity contribution in [3.8, 4) is 0 Å². The van der Waals surface area contributed by atoms with Gasteiger partial charge in [0.05, 0.1) is 12.1 Å². The number of aromatic nitrogens is 2. The first-order chi connectivity index (χ1) is 7.77. The van der Waals surface area contributed by atoms with Gasteiger partial charge in [0.2, 0.25) is 0 Å². The van der Waals surface area contributed by atoms with Crippen LogP contribution in [0.15, 0.2) is 18.3 Å². The first kappa shape index (κ1) is 10.7. The maximum absolute atomic E-state index is 11.8. The molecule has 2 aromatic rings. The van der Waals surface area contributed by atoms with Crippen molar-refractivity contribution in [3.05, 3.63) is 29.6 Å². The molecule has 0 aromatic carbocycles. The summed E-state index contributed by atoms with van der Waals surface area (Å²) in [6.07, 6.45) is 2.43. The van der Waals surface area contributed by atoms with E-state index >= 15 is 0 Å². The minimum Gasteiger partial charge on any atom is -0.462 e. The smallest absolute Gasteiger partial charge is 0.342 e. The summed E-state index contributed by atoms with van der Waals surface area (Å²) in [6, 6.07) is 3.75. The van der Waals surface area contributed by atoms with Gasteiger partial charge in [-0.05, 0) is 25.5 Å². The van der Waals surface area contributed by atoms with Gasteiger partial charge in [-0.1, -0.05) is 6.92 Å². The summed E-state index contributed by atoms with van der Waals surface area (Å²) in [5.41, 5.74) is 3.02. The highest BCUT2D eigenvalue weighted by Gasteiger charge is 2.19. The number of H-pyrrole nitrogens is 1. The number of aromatic amines is 1. The third-order valence-corrected chi connectivity index (χ3v) is 2.46. The van der Waals surface area contributed by atoms with Crippen molar-refractivity contribution in [1.29, 1.82) is 0 Å². The zero-order valence-electron chi connectivity index (χ0n) is 9.41. The zero-order valence-corrected chi connectivity index (χ0v) is 9.41. The number of aryl methyl sites for hydroxylation is 1. The van der Waals surface area contributed by atoms with Crippen LogP contribution in [0.1, 0.15) is 29.9 Å². The summed E-state index contributed by atoms with van der Waals surface area (Å²) < 4.78 is 5.04. The van der Waals surface area contributed by atoms with Crippen molar-refractivity contribution >= 4 is 17.0 Å². The molecule has 4 nitrogen and oxygen atoms in total. The molecule has 0 fully saturated rings. The Balaban J connectivity index is 2.60. The molecule has 0 amide bonds. The molecule has 2 rings (SSSR count). The molecule has 16 heavy (non-hydrogen) atoms. The molecule has 2 aromatic heterocycles. The molecule has 1 N–H and O–H groups in total. The van der Waals surface area contributed by atoms with E-state index in [2.05, 4.69) is 9.97 Å². The molecular formula is C12H14N2O2. The fourth-order valence-corrected chi connectivity index (χ4v) is 1.76. The molecule has 0 saturated heterocycles. The van der Waals surface area contributed by atoms with Crippen LogP contribution in [-0.2, 0) is 11.2 Å². The van der Waals surface area contributed by atoms with Crippen LogP contribution in [0.5, 0.6) is 0 Å². The van der Waals surface area contributed by atoms with Crippen LogP contribution in [0.2, 0.25) is 0 Å². The third-order valence-electron chi connectivity index (χ3n) is 2.46. The molecule has 0 radical (unpaired) electrons. The molecule has 2 heterocycles. The molecule has 0 saturated carbocycles. The van der Waals surface area contributed by atoms with Crippen molar-refractivity contribution in [2.45, 2.75) is 20.3 Å². The van der Waals surface area contributed by atoms with Gasteiger partial charge in [-0.15, -0.1) is 0 Å². The molecule has 0 spiro atoms. The van der Waals surface area contributed by atoms with Gasteiger partial charge in [-0.2, -0.15) is 0 Å². The third kappa shape index (κ3) is 1.66. The number of ether oxygens (including phenoxy) is 1. The fraction of sp³-hybridized carbons (Fsp3) is 0.333. The second-order valence-corrected chi connectivity index (χ2v) is 3.45. The van der Waals surface area contributed by atoms with Crippen molar-refractivity contribution in [1.82, 2.24) is 9.97 Å². The molecule has 0 bridgehead atoms. The molecule has 4 heteroatoms. The Labute approximate surface area is 93.6 Å². The Morgan fingerprint density at radius 1 is 1.50 bits per heavy atom. The SMILES string of the molecule is CCOC(=O)c1c(CC)[nH]c2cccnc12. The Hall–Kier alpha value is -1.84. The van der Waals surface area contributed by atoms with Crippen LogP contribution in [0.4, 0.5) is 0 Å². The van der Waals surface area contributed by atoms with Gasteiger partial charge >= 0.3 is 5.97 Å². The van der Waals surface area contributed by atoms with E-state index in [9.17, 15) is 4.79 Å². The fourth-order valence-electron chi connectivity index (χ4n) is 1.76. The van der Waals surface area contributed by atoms with Gasteiger partial charge in [0.25, 0.3) is 0 Å². The van der Waals surface area contributed by atoms with E-state index in [0.29, 0.717) is 17.7 Å². The minimum absolute atomic E-state index is 0.302. The molecule has 0 aliphatic carbocycles. The molecular weight excluding hydrogens is 204 g/mol. The zero-order chi connectivity index (χ0) is 11.5. The maximum Gasteiger partial charge on any atom is 0.342 e. The Kier molecular flexibility index (Phi) is 2.90. The number of carbonyl (C=O) groups is 1. The van der Waals surface area contributed by atoms with Gasteiger partial charge in [-0.3, -0.25) is 4.98 Å². The molecule has 84 valence electrons. The summed E-state index contributed by atoms with van der Waals surface area (Å²) in [5.74, 6) is -0.302. The summed E-state index contributed by atoms with van der Waals surface area (Å²) >= 11 is 0. The average Bonchev–Trinajstić information content (AvgIpc) is 2.67. The number of esters is 1. The highest BCUT2D eigenvalue weighted by molar-refractivity contribution is 6.03. The Bertz CT molecular complexity index is 517. The van der Waals surface area contributed by atoms with Crippen molar-refractivity contribution in [2.24, 2.45) is 0 Å². The number of hydrogen-bond donors (Lipinski definition) is 1. The summed E-state index contributed by atoms with van der Waals surface area (Å²) in [5, 5.41) is 0. The largest absolute Gasteiger partial charge is 0.462 e. The minimum atomic E-state index is -0.302. The van der Waals surface area contributed by atoms with E-state index in [4.69, 9.17) is 4.74 Å². The van der Waals surface area contributed by atoms with Crippen molar-refractivity contribution < 1.29 is 9.53 Å². The standard InChI is InChI=1S/C12H14N2O2/c1-3-8-10(12(15)16-4-2)11-9(14-8)6-5-7-13-11/h5-7,14H,3-4H2,1-2H3. The molecule has 0 aliphatic rings. The highest BCUT2D eigenvalue weighted by Crippen LogP contribution is 2.21. The van der Waals surface area contributed by atoms with E-state index in [0.717, 1.165) is 17.6 Å². The van der Waals surface area contributed by atoms with Crippen LogP contribution in [-0.4, -0.2) is 22.5 Å². The van der Waals surface area contributed by atoms with E-state index in [1.165, 1.54) is 0 Å². The van der Waals surface area contributed by atoms with Crippen LogP contribution >= 0.6 is 0 Å². The highest BCUT2D eigenvalue weighted by atomic mass is 16.5. The van der Waals surface area contributed by atoms with Gasteiger partial charge in [-0.25, -0.2) is 4.79 Å². The van der Waals surface area contributed by atoms with E-state index < -0.39 is 0 Å². The number of rotatable bonds is 3. The van der Waals surface area contributed by atoms with Crippen LogP contribution < -0.4 is 0 Å². The second kappa shape index (κ2) is 4.35. The lowest BCUT2D eigenvalue weighted by Crippen LogP contribution is -2.07. The lowest BCUT2D eigenvalue weighted by atomic mass is 10.2. The predicted molar refractivity (Wildman–Crippen MR) is 61.4 cm³/mol. The number of hydrogen-bond acceptors (Lipinski definition) is 3. The number of pyridine rings is 1. The quantitative estimate of drug-likeness (QED) is 0.804. The molecule has 0 aliphatic heterocycles. The average molecular weight is 218 g/mol. The lowest BCUT2D eigenvalue weighted by Gasteiger charge is -2.01. The summed E-state index contributed by atoms with van der Waals surface area (Å²) in [6.45, 7) is 4.17. The predicted octanol–water partition coefficient (Wildman–Crippen LogP) is 2.30. The first-order valence-electron chi connectivity index (χ1n) is 5.40. The monoisotopic (exact) mass is 218 g/mol. The Morgan fingerprint density at radius 3 is 3.00 bits per heavy atom. The van der Waals surface area contributed by atoms with Crippen molar-refractivity contribution in [2.75, 3.05) is 6.61 Å². The van der Waals surface area contributed by atoms with Gasteiger partial charge in [0.1, 0.15) is 11.1 Å². The van der Waals surface area contributed by atoms with Gasteiger partial charge in [0.15, 0.2) is 0 Å². The van der Waals surface area contributed by atoms with Crippen LogP contribution in [0.3, 0.4) is 0 Å². The number of fused-ring (bicyclic) bond motifs is 1. The maximum atomic E-state index is 11.8. The van der Waals surface area contributed by atoms with Crippen LogP contribution in [0, 0.1) is 0 Å². The molecule has 0 unspecified atom stereocenters. The second-order valence-electron chi connectivity index (χ2n) is 3.45. The van der Waals surface area contributed by atoms with E-state index in [1.54, 1.807) is 13.1 Å². The van der Waals surface area contributed by atoms with E-state index in [1.807, 2.05) is 19.1 Å². The van der Waals surface area contributed by atoms with Crippen molar-refractivity contribution in [3.63, 3.8) is 0 Å². The summed E-state index contributed by atoms with van der Waals surface area (Å²) in [7, 11) is 0. The van der Waals surface area contributed by atoms with Gasteiger partial charge in [0, 0.05) is 11.9 Å². The van der Waals surface area contributed by atoms with Gasteiger partial charge < -0.3 is 9.72 Å². The van der Waals surface area contributed by atoms with Crippen LogP contribution in [0.25, 0.3) is 11.0 Å². The topological polar surface area (TPSA) is 55.0 Å². The number of nitrogens with zero attached hydrogens (tertiary/aromatic N) is 1. The first-order valence-corrected chi connectivity index (χ1v) is 5.40. The number of nitrogens with one attached hydrogen (secondary N) is 1. The number of carbonyl (C=O) groups excluding carboxylic acids is 1. The summed E-state index contributed by atoms with van der Waals surface area (Å²) in [4.78, 5) is 19.2. The molecule has 0 atom stereocenters. The normalized spacial score (nSPS) is 10.6. The van der Waals surface area contributed by atoms with E-state index in [-0.39, 0.29) is 5.97 Å². The lowest BCUT2D eigenvalue weighted by molar-refractivity contribution is 0.0527. The Morgan fingerprint density at radius 2 is 2.31 bits per heavy atom.